The van der Waals surface area contributed by atoms with Crippen LogP contribution in [0.2, 0.25) is 0 Å². The third-order valence-electron chi connectivity index (χ3n) is 3.62. The second-order valence-electron chi connectivity index (χ2n) is 5.01. The van der Waals surface area contributed by atoms with Gasteiger partial charge in [0.25, 0.3) is 0 Å². The van der Waals surface area contributed by atoms with Crippen molar-refractivity contribution in [2.75, 3.05) is 46.3 Å². The van der Waals surface area contributed by atoms with Gasteiger partial charge in [-0.25, -0.2) is 0 Å². The molecule has 1 atom stereocenters. The molecule has 19 heavy (non-hydrogen) atoms. The molecule has 0 aliphatic carbocycles. The highest BCUT2D eigenvalue weighted by molar-refractivity contribution is 5.79. The normalized spacial score (nSPS) is 18.2. The highest BCUT2D eigenvalue weighted by Gasteiger charge is 2.20. The fourth-order valence-electron chi connectivity index (χ4n) is 2.28. The van der Waals surface area contributed by atoms with Gasteiger partial charge in [0.15, 0.2) is 0 Å². The predicted molar refractivity (Wildman–Crippen MR) is 73.9 cm³/mol. The molecule has 6 nitrogen and oxygen atoms in total. The van der Waals surface area contributed by atoms with Crippen LogP contribution in [0.1, 0.15) is 13.0 Å². The van der Waals surface area contributed by atoms with Crippen LogP contribution in [0.25, 0.3) is 0 Å². The van der Waals surface area contributed by atoms with Crippen molar-refractivity contribution in [2.24, 2.45) is 0 Å². The predicted octanol–water partition coefficient (Wildman–Crippen LogP) is -0.192. The molecule has 2 rings (SSSR count). The number of hydrogen-bond acceptors (Lipinski definition) is 4. The molecule has 2 heterocycles. The second kappa shape index (κ2) is 6.68. The van der Waals surface area contributed by atoms with Crippen molar-refractivity contribution < 1.29 is 4.79 Å². The number of aromatic nitrogens is 2. The standard InChI is InChI=1S/C13H23N5O/c1-12(18-7-3-4-15-18)13(19)16(2)10-11-17-8-5-14-6-9-17/h3-4,7,12,14H,5-6,8-11H2,1-2H3. The summed E-state index contributed by atoms with van der Waals surface area (Å²) in [5, 5.41) is 7.45. The summed E-state index contributed by atoms with van der Waals surface area (Å²) in [7, 11) is 1.87. The minimum Gasteiger partial charge on any atom is -0.343 e. The van der Waals surface area contributed by atoms with E-state index >= 15 is 0 Å². The molecule has 0 aromatic carbocycles. The minimum absolute atomic E-state index is 0.110. The Kier molecular flexibility index (Phi) is 4.93. The van der Waals surface area contributed by atoms with E-state index < -0.39 is 0 Å². The van der Waals surface area contributed by atoms with Crippen molar-refractivity contribution in [3.8, 4) is 0 Å². The van der Waals surface area contributed by atoms with Gasteiger partial charge in [0.05, 0.1) is 0 Å². The van der Waals surface area contributed by atoms with Crippen molar-refractivity contribution in [3.63, 3.8) is 0 Å². The lowest BCUT2D eigenvalue weighted by atomic mass is 10.3. The first-order chi connectivity index (χ1) is 9.18. The van der Waals surface area contributed by atoms with Crippen LogP contribution in [-0.2, 0) is 4.79 Å². The highest BCUT2D eigenvalue weighted by atomic mass is 16.2. The molecule has 1 fully saturated rings. The van der Waals surface area contributed by atoms with Gasteiger partial charge in [-0.2, -0.15) is 5.10 Å². The van der Waals surface area contributed by atoms with Gasteiger partial charge in [0, 0.05) is 58.7 Å². The van der Waals surface area contributed by atoms with E-state index in [1.165, 1.54) is 0 Å². The number of rotatable bonds is 5. The number of nitrogens with one attached hydrogen (secondary N) is 1. The zero-order valence-electron chi connectivity index (χ0n) is 11.7. The highest BCUT2D eigenvalue weighted by Crippen LogP contribution is 2.07. The third-order valence-corrected chi connectivity index (χ3v) is 3.62. The Morgan fingerprint density at radius 3 is 2.84 bits per heavy atom. The van der Waals surface area contributed by atoms with Crippen LogP contribution in [0, 0.1) is 0 Å². The minimum atomic E-state index is -0.233. The summed E-state index contributed by atoms with van der Waals surface area (Å²) in [6.07, 6.45) is 3.53. The first kappa shape index (κ1) is 14.0. The van der Waals surface area contributed by atoms with Gasteiger partial charge in [-0.05, 0) is 13.0 Å². The first-order valence-corrected chi connectivity index (χ1v) is 6.85. The number of amides is 1. The Morgan fingerprint density at radius 1 is 1.47 bits per heavy atom. The van der Waals surface area contributed by atoms with Gasteiger partial charge in [-0.15, -0.1) is 0 Å². The van der Waals surface area contributed by atoms with Crippen molar-refractivity contribution in [3.05, 3.63) is 18.5 Å². The van der Waals surface area contributed by atoms with Crippen LogP contribution in [0.5, 0.6) is 0 Å². The van der Waals surface area contributed by atoms with Crippen LogP contribution in [0.15, 0.2) is 18.5 Å². The lowest BCUT2D eigenvalue weighted by molar-refractivity contribution is -0.133. The molecule has 1 aromatic heterocycles. The fraction of sp³-hybridized carbons (Fsp3) is 0.692. The van der Waals surface area contributed by atoms with Gasteiger partial charge in [-0.3, -0.25) is 14.4 Å². The lowest BCUT2D eigenvalue weighted by Crippen LogP contribution is -2.47. The van der Waals surface area contributed by atoms with Gasteiger partial charge in [0.2, 0.25) is 5.91 Å². The van der Waals surface area contributed by atoms with Gasteiger partial charge in [-0.1, -0.05) is 0 Å². The van der Waals surface area contributed by atoms with E-state index in [4.69, 9.17) is 0 Å². The molecule has 0 bridgehead atoms. The maximum atomic E-state index is 12.2. The largest absolute Gasteiger partial charge is 0.343 e. The average molecular weight is 265 g/mol. The van der Waals surface area contributed by atoms with E-state index in [1.54, 1.807) is 15.8 Å². The molecular formula is C13H23N5O. The molecule has 106 valence electrons. The summed E-state index contributed by atoms with van der Waals surface area (Å²) in [5.41, 5.74) is 0. The quantitative estimate of drug-likeness (QED) is 0.801. The van der Waals surface area contributed by atoms with Gasteiger partial charge < -0.3 is 10.2 Å². The smallest absolute Gasteiger partial charge is 0.246 e. The van der Waals surface area contributed by atoms with Crippen LogP contribution >= 0.6 is 0 Å². The molecule has 6 heteroatoms. The Hall–Kier alpha value is -1.40. The number of hydrogen-bond donors (Lipinski definition) is 1. The molecule has 1 unspecified atom stereocenters. The monoisotopic (exact) mass is 265 g/mol. The van der Waals surface area contributed by atoms with E-state index in [-0.39, 0.29) is 11.9 Å². The molecule has 0 saturated carbocycles. The number of carbonyl (C=O) groups is 1. The summed E-state index contributed by atoms with van der Waals surface area (Å²) in [5.74, 6) is 0.110. The number of piperazine rings is 1. The fourth-order valence-corrected chi connectivity index (χ4v) is 2.28. The average Bonchev–Trinajstić information content (AvgIpc) is 2.98. The maximum Gasteiger partial charge on any atom is 0.246 e. The first-order valence-electron chi connectivity index (χ1n) is 6.85. The van der Waals surface area contributed by atoms with E-state index in [1.807, 2.05) is 26.2 Å². The van der Waals surface area contributed by atoms with Crippen molar-refractivity contribution in [1.82, 2.24) is 24.9 Å². The second-order valence-corrected chi connectivity index (χ2v) is 5.01. The van der Waals surface area contributed by atoms with E-state index in [0.717, 1.165) is 39.3 Å². The molecule has 1 saturated heterocycles. The summed E-state index contributed by atoms with van der Waals surface area (Å²) < 4.78 is 1.70. The molecule has 1 aromatic rings. The summed E-state index contributed by atoms with van der Waals surface area (Å²) in [4.78, 5) is 16.4. The number of carbonyl (C=O) groups excluding carboxylic acids is 1. The van der Waals surface area contributed by atoms with Gasteiger partial charge in [0.1, 0.15) is 6.04 Å². The lowest BCUT2D eigenvalue weighted by Gasteiger charge is -2.29. The molecule has 1 aliphatic rings. The SMILES string of the molecule is CC(C(=O)N(C)CCN1CCNCC1)n1cccn1. The van der Waals surface area contributed by atoms with Crippen LogP contribution in [0.3, 0.4) is 0 Å². The molecule has 1 amide bonds. The Labute approximate surface area is 114 Å². The van der Waals surface area contributed by atoms with Crippen LogP contribution in [-0.4, -0.2) is 71.8 Å². The number of nitrogens with zero attached hydrogens (tertiary/aromatic N) is 4. The van der Waals surface area contributed by atoms with E-state index in [0.29, 0.717) is 0 Å². The topological polar surface area (TPSA) is 53.4 Å². The van der Waals surface area contributed by atoms with Crippen molar-refractivity contribution >= 4 is 5.91 Å². The number of likely N-dealkylation sites (N-methyl/N-ethyl adjacent to an activating group) is 1. The van der Waals surface area contributed by atoms with Gasteiger partial charge >= 0.3 is 0 Å². The van der Waals surface area contributed by atoms with E-state index in [2.05, 4.69) is 15.3 Å². The summed E-state index contributed by atoms with van der Waals surface area (Å²) >= 11 is 0. The zero-order chi connectivity index (χ0) is 13.7. The van der Waals surface area contributed by atoms with Crippen LogP contribution in [0.4, 0.5) is 0 Å². The molecule has 0 radical (unpaired) electrons. The molecule has 0 spiro atoms. The van der Waals surface area contributed by atoms with Crippen molar-refractivity contribution in [2.45, 2.75) is 13.0 Å². The summed E-state index contributed by atoms with van der Waals surface area (Å²) in [6.45, 7) is 7.81. The third kappa shape index (κ3) is 3.78. The molecular weight excluding hydrogens is 242 g/mol. The Balaban J connectivity index is 1.78. The van der Waals surface area contributed by atoms with Crippen LogP contribution < -0.4 is 5.32 Å². The zero-order valence-corrected chi connectivity index (χ0v) is 11.7. The molecule has 1 aliphatic heterocycles. The van der Waals surface area contributed by atoms with Crippen molar-refractivity contribution in [1.29, 1.82) is 0 Å². The summed E-state index contributed by atoms with van der Waals surface area (Å²) in [6, 6.07) is 1.60. The van der Waals surface area contributed by atoms with E-state index in [9.17, 15) is 4.79 Å². The maximum absolute atomic E-state index is 12.2. The Bertz CT molecular complexity index is 386. The Morgan fingerprint density at radius 2 is 2.21 bits per heavy atom. The molecule has 1 N–H and O–H groups in total.